The molecule has 4 nitrogen and oxygen atoms in total. The molecule has 1 rings (SSSR count). The van der Waals surface area contributed by atoms with Crippen molar-refractivity contribution in [2.45, 2.75) is 20.3 Å². The molecule has 0 saturated heterocycles. The van der Waals surface area contributed by atoms with E-state index in [-0.39, 0.29) is 6.42 Å². The highest BCUT2D eigenvalue weighted by atomic mass is 79.9. The molecule has 0 saturated carbocycles. The molecule has 17 heavy (non-hydrogen) atoms. The first kappa shape index (κ1) is 13.8. The average molecular weight is 303 g/mol. The summed E-state index contributed by atoms with van der Waals surface area (Å²) in [5.74, 6) is 0.313. The van der Waals surface area contributed by atoms with Crippen LogP contribution in [0, 0.1) is 0 Å². The van der Waals surface area contributed by atoms with Gasteiger partial charge in [0.2, 0.25) is 0 Å². The van der Waals surface area contributed by atoms with Gasteiger partial charge in [-0.15, -0.1) is 0 Å². The van der Waals surface area contributed by atoms with Gasteiger partial charge in [-0.1, -0.05) is 0 Å². The van der Waals surface area contributed by atoms with Crippen LogP contribution < -0.4 is 9.47 Å². The van der Waals surface area contributed by atoms with Gasteiger partial charge in [-0.2, -0.15) is 0 Å². The maximum absolute atomic E-state index is 10.8. The zero-order valence-electron chi connectivity index (χ0n) is 9.83. The Bertz CT molecular complexity index is 404. The normalized spacial score (nSPS) is 10.1. The van der Waals surface area contributed by atoms with Crippen molar-refractivity contribution in [2.24, 2.45) is 0 Å². The number of aliphatic carboxylic acids is 1. The number of carboxylic acids is 1. The second-order valence-corrected chi connectivity index (χ2v) is 4.18. The molecule has 0 aliphatic carbocycles. The van der Waals surface area contributed by atoms with Crippen molar-refractivity contribution in [3.63, 3.8) is 0 Å². The number of carboxylic acid groups (broad SMARTS) is 1. The molecule has 1 N–H and O–H groups in total. The van der Waals surface area contributed by atoms with Crippen LogP contribution in [0.5, 0.6) is 11.5 Å². The van der Waals surface area contributed by atoms with Gasteiger partial charge < -0.3 is 14.6 Å². The summed E-state index contributed by atoms with van der Waals surface area (Å²) >= 11 is 3.37. The molecular weight excluding hydrogens is 288 g/mol. The first-order valence-electron chi connectivity index (χ1n) is 5.38. The summed E-state index contributed by atoms with van der Waals surface area (Å²) < 4.78 is 11.6. The third kappa shape index (κ3) is 3.93. The standard InChI is InChI=1S/C12H15BrO4/c1-3-16-10-7-9(13)11(17-4-2)5-8(10)6-12(14)15/h5,7H,3-4,6H2,1-2H3,(H,14,15). The van der Waals surface area contributed by atoms with Gasteiger partial charge in [-0.25, -0.2) is 0 Å². The van der Waals surface area contributed by atoms with Crippen molar-refractivity contribution < 1.29 is 19.4 Å². The molecule has 0 atom stereocenters. The topological polar surface area (TPSA) is 55.8 Å². The second kappa shape index (κ2) is 6.49. The lowest BCUT2D eigenvalue weighted by Crippen LogP contribution is -2.05. The highest BCUT2D eigenvalue weighted by Gasteiger charge is 2.13. The molecule has 0 heterocycles. The minimum Gasteiger partial charge on any atom is -0.494 e. The van der Waals surface area contributed by atoms with Crippen molar-refractivity contribution in [3.05, 3.63) is 22.2 Å². The van der Waals surface area contributed by atoms with Crippen LogP contribution in [0.15, 0.2) is 16.6 Å². The van der Waals surface area contributed by atoms with Crippen LogP contribution in [0.1, 0.15) is 19.4 Å². The Balaban J connectivity index is 3.11. The Kier molecular flexibility index (Phi) is 5.28. The largest absolute Gasteiger partial charge is 0.494 e. The van der Waals surface area contributed by atoms with Crippen LogP contribution in [0.2, 0.25) is 0 Å². The van der Waals surface area contributed by atoms with E-state index in [0.29, 0.717) is 30.3 Å². The van der Waals surface area contributed by atoms with E-state index in [1.54, 1.807) is 12.1 Å². The van der Waals surface area contributed by atoms with Crippen LogP contribution in [0.25, 0.3) is 0 Å². The summed E-state index contributed by atoms with van der Waals surface area (Å²) in [5.41, 5.74) is 0.617. The molecule has 94 valence electrons. The molecule has 0 aliphatic heterocycles. The first-order chi connectivity index (χ1) is 8.08. The lowest BCUT2D eigenvalue weighted by Gasteiger charge is -2.13. The van der Waals surface area contributed by atoms with E-state index in [9.17, 15) is 4.79 Å². The minimum absolute atomic E-state index is 0.0807. The Morgan fingerprint density at radius 1 is 1.24 bits per heavy atom. The summed E-state index contributed by atoms with van der Waals surface area (Å²) in [4.78, 5) is 10.8. The number of hydrogen-bond acceptors (Lipinski definition) is 3. The van der Waals surface area contributed by atoms with Gasteiger partial charge in [0.15, 0.2) is 0 Å². The van der Waals surface area contributed by atoms with Crippen molar-refractivity contribution >= 4 is 21.9 Å². The van der Waals surface area contributed by atoms with E-state index in [1.807, 2.05) is 13.8 Å². The van der Waals surface area contributed by atoms with Crippen molar-refractivity contribution in [2.75, 3.05) is 13.2 Å². The van der Waals surface area contributed by atoms with E-state index in [1.165, 1.54) is 0 Å². The summed E-state index contributed by atoms with van der Waals surface area (Å²) in [5, 5.41) is 8.84. The number of hydrogen-bond donors (Lipinski definition) is 1. The van der Waals surface area contributed by atoms with Crippen LogP contribution in [-0.2, 0) is 11.2 Å². The SMILES string of the molecule is CCOc1cc(CC(=O)O)c(OCC)cc1Br. The molecule has 0 aromatic heterocycles. The smallest absolute Gasteiger partial charge is 0.307 e. The van der Waals surface area contributed by atoms with Gasteiger partial charge in [-0.3, -0.25) is 4.79 Å². The predicted molar refractivity (Wildman–Crippen MR) is 67.8 cm³/mol. The van der Waals surface area contributed by atoms with Gasteiger partial charge in [0.1, 0.15) is 11.5 Å². The third-order valence-corrected chi connectivity index (χ3v) is 2.68. The molecule has 1 aromatic rings. The van der Waals surface area contributed by atoms with Crippen LogP contribution in [0.4, 0.5) is 0 Å². The summed E-state index contributed by atoms with van der Waals surface area (Å²) in [7, 11) is 0. The van der Waals surface area contributed by atoms with E-state index < -0.39 is 5.97 Å². The third-order valence-electron chi connectivity index (χ3n) is 2.06. The maximum Gasteiger partial charge on any atom is 0.307 e. The molecular formula is C12H15BrO4. The fraction of sp³-hybridized carbons (Fsp3) is 0.417. The maximum atomic E-state index is 10.8. The lowest BCUT2D eigenvalue weighted by molar-refractivity contribution is -0.136. The summed E-state index contributed by atoms with van der Waals surface area (Å²) in [6.45, 7) is 4.75. The monoisotopic (exact) mass is 302 g/mol. The fourth-order valence-corrected chi connectivity index (χ4v) is 1.87. The molecule has 5 heteroatoms. The van der Waals surface area contributed by atoms with Gasteiger partial charge in [-0.05, 0) is 41.9 Å². The molecule has 0 amide bonds. The Labute approximate surface area is 109 Å². The number of halogens is 1. The zero-order valence-corrected chi connectivity index (χ0v) is 11.4. The van der Waals surface area contributed by atoms with E-state index in [4.69, 9.17) is 14.6 Å². The Morgan fingerprint density at radius 3 is 2.35 bits per heavy atom. The number of ether oxygens (including phenoxy) is 2. The van der Waals surface area contributed by atoms with Crippen molar-refractivity contribution in [1.29, 1.82) is 0 Å². The quantitative estimate of drug-likeness (QED) is 0.878. The van der Waals surface area contributed by atoms with Crippen molar-refractivity contribution in [3.8, 4) is 11.5 Å². The number of rotatable bonds is 6. The fourth-order valence-electron chi connectivity index (χ4n) is 1.43. The van der Waals surface area contributed by atoms with Gasteiger partial charge in [0, 0.05) is 5.56 Å². The molecule has 0 bridgehead atoms. The van der Waals surface area contributed by atoms with Gasteiger partial charge in [0.25, 0.3) is 0 Å². The van der Waals surface area contributed by atoms with E-state index >= 15 is 0 Å². The van der Waals surface area contributed by atoms with Crippen molar-refractivity contribution in [1.82, 2.24) is 0 Å². The molecule has 0 unspecified atom stereocenters. The number of carbonyl (C=O) groups is 1. The molecule has 0 fully saturated rings. The van der Waals surface area contributed by atoms with Crippen LogP contribution in [-0.4, -0.2) is 24.3 Å². The highest BCUT2D eigenvalue weighted by Crippen LogP contribution is 2.33. The summed E-state index contributed by atoms with van der Waals surface area (Å²) in [6.07, 6.45) is -0.0807. The molecule has 0 aliphatic rings. The van der Waals surface area contributed by atoms with Gasteiger partial charge >= 0.3 is 5.97 Å². The van der Waals surface area contributed by atoms with Crippen LogP contribution >= 0.6 is 15.9 Å². The lowest BCUT2D eigenvalue weighted by atomic mass is 10.1. The molecule has 0 spiro atoms. The zero-order chi connectivity index (χ0) is 12.8. The highest BCUT2D eigenvalue weighted by molar-refractivity contribution is 9.10. The number of benzene rings is 1. The first-order valence-corrected chi connectivity index (χ1v) is 6.17. The van der Waals surface area contributed by atoms with Crippen LogP contribution in [0.3, 0.4) is 0 Å². The van der Waals surface area contributed by atoms with Gasteiger partial charge in [0.05, 0.1) is 24.1 Å². The Hall–Kier alpha value is -1.23. The minimum atomic E-state index is -0.893. The Morgan fingerprint density at radius 2 is 1.82 bits per heavy atom. The summed E-state index contributed by atoms with van der Waals surface area (Å²) in [6, 6.07) is 3.44. The van der Waals surface area contributed by atoms with E-state index in [2.05, 4.69) is 15.9 Å². The predicted octanol–water partition coefficient (Wildman–Crippen LogP) is 2.87. The average Bonchev–Trinajstić information content (AvgIpc) is 2.24. The van der Waals surface area contributed by atoms with E-state index in [0.717, 1.165) is 4.47 Å². The molecule has 1 aromatic carbocycles. The molecule has 0 radical (unpaired) electrons. The second-order valence-electron chi connectivity index (χ2n) is 3.33.